The van der Waals surface area contributed by atoms with Crippen LogP contribution in [0.15, 0.2) is 11.8 Å². The Hall–Kier alpha value is -0.990. The van der Waals surface area contributed by atoms with Gasteiger partial charge in [0.1, 0.15) is 0 Å². The summed E-state index contributed by atoms with van der Waals surface area (Å²) < 4.78 is 0. The molecule has 0 spiro atoms. The Labute approximate surface area is 91.7 Å². The van der Waals surface area contributed by atoms with Crippen LogP contribution in [0, 0.1) is 0 Å². The first-order valence-electron chi connectivity index (χ1n) is 5.97. The minimum Gasteiger partial charge on any atom is -0.375 e. The number of likely N-dealkylation sites (tertiary alicyclic amines) is 1. The van der Waals surface area contributed by atoms with Crippen LogP contribution in [0.25, 0.3) is 0 Å². The van der Waals surface area contributed by atoms with Gasteiger partial charge in [0, 0.05) is 45.2 Å². The highest BCUT2D eigenvalue weighted by Crippen LogP contribution is 2.20. The molecule has 0 aromatic heterocycles. The van der Waals surface area contributed by atoms with Crippen LogP contribution in [-0.4, -0.2) is 41.9 Å². The van der Waals surface area contributed by atoms with E-state index in [2.05, 4.69) is 11.0 Å². The molecular formula is C12H20N2O. The van der Waals surface area contributed by atoms with E-state index < -0.39 is 0 Å². The van der Waals surface area contributed by atoms with Crippen molar-refractivity contribution >= 4 is 5.91 Å². The van der Waals surface area contributed by atoms with Crippen molar-refractivity contribution in [1.29, 1.82) is 0 Å². The Morgan fingerprint density at radius 3 is 2.47 bits per heavy atom. The molecule has 2 rings (SSSR count). The summed E-state index contributed by atoms with van der Waals surface area (Å²) in [4.78, 5) is 15.6. The van der Waals surface area contributed by atoms with E-state index in [0.29, 0.717) is 0 Å². The van der Waals surface area contributed by atoms with Gasteiger partial charge < -0.3 is 9.80 Å². The van der Waals surface area contributed by atoms with E-state index in [-0.39, 0.29) is 5.91 Å². The van der Waals surface area contributed by atoms with Gasteiger partial charge >= 0.3 is 0 Å². The molecule has 0 unspecified atom stereocenters. The van der Waals surface area contributed by atoms with Crippen molar-refractivity contribution in [1.82, 2.24) is 9.80 Å². The van der Waals surface area contributed by atoms with Crippen molar-refractivity contribution in [3.63, 3.8) is 0 Å². The summed E-state index contributed by atoms with van der Waals surface area (Å²) >= 11 is 0. The van der Waals surface area contributed by atoms with Crippen molar-refractivity contribution in [2.75, 3.05) is 26.2 Å². The summed E-state index contributed by atoms with van der Waals surface area (Å²) in [5.74, 6) is 0.198. The summed E-state index contributed by atoms with van der Waals surface area (Å²) in [6, 6.07) is 0. The van der Waals surface area contributed by atoms with Gasteiger partial charge in [-0.05, 0) is 25.3 Å². The fourth-order valence-corrected chi connectivity index (χ4v) is 2.41. The van der Waals surface area contributed by atoms with Gasteiger partial charge in [-0.3, -0.25) is 4.79 Å². The molecule has 1 saturated heterocycles. The number of hydrogen-bond donors (Lipinski definition) is 0. The highest BCUT2D eigenvalue weighted by Gasteiger charge is 2.18. The van der Waals surface area contributed by atoms with E-state index in [1.807, 2.05) is 4.90 Å². The lowest BCUT2D eigenvalue weighted by molar-refractivity contribution is -0.128. The summed E-state index contributed by atoms with van der Waals surface area (Å²) in [6.07, 6.45) is 7.31. The van der Waals surface area contributed by atoms with E-state index in [4.69, 9.17) is 0 Å². The first kappa shape index (κ1) is 10.5. The zero-order valence-corrected chi connectivity index (χ0v) is 9.54. The normalized spacial score (nSPS) is 22.6. The van der Waals surface area contributed by atoms with Gasteiger partial charge in [-0.1, -0.05) is 0 Å². The number of hydrogen-bond acceptors (Lipinski definition) is 2. The molecule has 15 heavy (non-hydrogen) atoms. The molecule has 0 aromatic rings. The Bertz CT molecular complexity index is 267. The maximum atomic E-state index is 11.2. The quantitative estimate of drug-likeness (QED) is 0.653. The largest absolute Gasteiger partial charge is 0.375 e. The highest BCUT2D eigenvalue weighted by molar-refractivity contribution is 5.73. The molecule has 1 fully saturated rings. The van der Waals surface area contributed by atoms with Crippen LogP contribution in [0.2, 0.25) is 0 Å². The molecule has 3 heteroatoms. The molecule has 0 radical (unpaired) electrons. The number of rotatable bonds is 1. The zero-order chi connectivity index (χ0) is 10.7. The molecule has 84 valence electrons. The van der Waals surface area contributed by atoms with Crippen molar-refractivity contribution in [3.8, 4) is 0 Å². The lowest BCUT2D eigenvalue weighted by Gasteiger charge is -2.35. The number of piperidine rings is 1. The molecule has 2 aliphatic heterocycles. The van der Waals surface area contributed by atoms with Gasteiger partial charge in [0.2, 0.25) is 5.91 Å². The van der Waals surface area contributed by atoms with Crippen LogP contribution in [0.5, 0.6) is 0 Å². The Balaban J connectivity index is 1.91. The van der Waals surface area contributed by atoms with Gasteiger partial charge in [0.15, 0.2) is 0 Å². The molecule has 0 bridgehead atoms. The second kappa shape index (κ2) is 4.69. The Morgan fingerprint density at radius 2 is 1.93 bits per heavy atom. The van der Waals surface area contributed by atoms with Gasteiger partial charge in [-0.2, -0.15) is 0 Å². The summed E-state index contributed by atoms with van der Waals surface area (Å²) in [6.45, 7) is 5.79. The maximum absolute atomic E-state index is 11.2. The van der Waals surface area contributed by atoms with E-state index in [1.54, 1.807) is 6.92 Å². The fraction of sp³-hybridized carbons (Fsp3) is 0.750. The van der Waals surface area contributed by atoms with Crippen molar-refractivity contribution in [3.05, 3.63) is 11.8 Å². The van der Waals surface area contributed by atoms with Gasteiger partial charge in [-0.25, -0.2) is 0 Å². The monoisotopic (exact) mass is 208 g/mol. The predicted octanol–water partition coefficient (Wildman–Crippen LogP) is 1.61. The highest BCUT2D eigenvalue weighted by atomic mass is 16.2. The smallest absolute Gasteiger partial charge is 0.219 e. The number of nitrogens with zero attached hydrogens (tertiary/aromatic N) is 2. The lowest BCUT2D eigenvalue weighted by Crippen LogP contribution is -2.38. The molecular weight excluding hydrogens is 188 g/mol. The molecule has 0 aromatic carbocycles. The summed E-state index contributed by atoms with van der Waals surface area (Å²) in [5, 5.41) is 0. The Kier molecular flexibility index (Phi) is 3.29. The third kappa shape index (κ3) is 2.52. The predicted molar refractivity (Wildman–Crippen MR) is 60.4 cm³/mol. The van der Waals surface area contributed by atoms with Crippen LogP contribution in [-0.2, 0) is 4.79 Å². The molecule has 0 aliphatic carbocycles. The number of carbonyl (C=O) groups is 1. The molecule has 2 aliphatic rings. The first-order valence-corrected chi connectivity index (χ1v) is 5.97. The van der Waals surface area contributed by atoms with Crippen LogP contribution < -0.4 is 0 Å². The second-order valence-electron chi connectivity index (χ2n) is 4.46. The molecule has 1 amide bonds. The Morgan fingerprint density at radius 1 is 1.20 bits per heavy atom. The van der Waals surface area contributed by atoms with Crippen LogP contribution >= 0.6 is 0 Å². The molecule has 0 saturated carbocycles. The topological polar surface area (TPSA) is 23.6 Å². The average molecular weight is 208 g/mol. The average Bonchev–Trinajstić information content (AvgIpc) is 2.30. The first-order chi connectivity index (χ1) is 7.27. The lowest BCUT2D eigenvalue weighted by atomic mass is 10.1. The minimum atomic E-state index is 0.198. The van der Waals surface area contributed by atoms with Crippen LogP contribution in [0.3, 0.4) is 0 Å². The van der Waals surface area contributed by atoms with Crippen molar-refractivity contribution < 1.29 is 4.79 Å². The maximum Gasteiger partial charge on any atom is 0.219 e. The third-order valence-electron chi connectivity index (χ3n) is 3.39. The fourth-order valence-electron chi connectivity index (χ4n) is 2.41. The molecule has 2 heterocycles. The van der Waals surface area contributed by atoms with Gasteiger partial charge in [0.25, 0.3) is 0 Å². The van der Waals surface area contributed by atoms with Gasteiger partial charge in [0.05, 0.1) is 0 Å². The van der Waals surface area contributed by atoms with Crippen LogP contribution in [0.4, 0.5) is 0 Å². The second-order valence-corrected chi connectivity index (χ2v) is 4.46. The summed E-state index contributed by atoms with van der Waals surface area (Å²) in [5.41, 5.74) is 1.47. The zero-order valence-electron chi connectivity index (χ0n) is 9.54. The SMILES string of the molecule is CC(=O)N1CC=C(N2CCCCC2)CC1. The van der Waals surface area contributed by atoms with Crippen LogP contribution in [0.1, 0.15) is 32.6 Å². The third-order valence-corrected chi connectivity index (χ3v) is 3.39. The molecule has 3 nitrogen and oxygen atoms in total. The van der Waals surface area contributed by atoms with E-state index >= 15 is 0 Å². The summed E-state index contributed by atoms with van der Waals surface area (Å²) in [7, 11) is 0. The van der Waals surface area contributed by atoms with Gasteiger partial charge in [-0.15, -0.1) is 0 Å². The number of amides is 1. The minimum absolute atomic E-state index is 0.198. The molecule has 0 atom stereocenters. The van der Waals surface area contributed by atoms with E-state index in [0.717, 1.165) is 19.5 Å². The van der Waals surface area contributed by atoms with Crippen molar-refractivity contribution in [2.24, 2.45) is 0 Å². The van der Waals surface area contributed by atoms with Crippen molar-refractivity contribution in [2.45, 2.75) is 32.6 Å². The van der Waals surface area contributed by atoms with E-state index in [9.17, 15) is 4.79 Å². The molecule has 0 N–H and O–H groups in total. The van der Waals surface area contributed by atoms with E-state index in [1.165, 1.54) is 38.0 Å². The standard InChI is InChI=1S/C12H20N2O/c1-11(15)13-9-5-12(6-10-13)14-7-3-2-4-8-14/h5H,2-4,6-10H2,1H3. The number of carbonyl (C=O) groups excluding carboxylic acids is 1.